The third-order valence-electron chi connectivity index (χ3n) is 5.26. The van der Waals surface area contributed by atoms with Gasteiger partial charge in [-0.1, -0.05) is 12.1 Å². The summed E-state index contributed by atoms with van der Waals surface area (Å²) in [5.74, 6) is -1.67. The molecule has 2 N–H and O–H groups in total. The first kappa shape index (κ1) is 17.3. The van der Waals surface area contributed by atoms with Gasteiger partial charge in [-0.05, 0) is 67.1 Å². The minimum Gasteiger partial charge on any atom is -0.481 e. The van der Waals surface area contributed by atoms with Crippen molar-refractivity contribution < 1.29 is 19.1 Å². The summed E-state index contributed by atoms with van der Waals surface area (Å²) in [6.07, 6.45) is 5.21. The van der Waals surface area contributed by atoms with Gasteiger partial charge < -0.3 is 14.8 Å². The summed E-state index contributed by atoms with van der Waals surface area (Å²) in [5.41, 5.74) is 5.64. The molecule has 0 bridgehead atoms. The lowest BCUT2D eigenvalue weighted by Crippen LogP contribution is -2.15. The van der Waals surface area contributed by atoms with Gasteiger partial charge in [-0.3, -0.25) is 9.59 Å². The van der Waals surface area contributed by atoms with Crippen molar-refractivity contribution in [2.45, 2.75) is 38.5 Å². The standard InChI is InChI=1S/C22H21NO4/c1-13(22(25)26)14-4-3-7-18(8-14)23-21(24)11-17-12-27-20-10-16-6-2-5-15(16)9-19(17)20/h3-4,7-10,12-13H,2,5-6,11H2,1H3,(H,23,24)(H,25,26). The number of benzene rings is 2. The average molecular weight is 363 g/mol. The van der Waals surface area contributed by atoms with E-state index < -0.39 is 11.9 Å². The molecule has 1 amide bonds. The van der Waals surface area contributed by atoms with Gasteiger partial charge in [0.1, 0.15) is 5.58 Å². The number of furan rings is 1. The molecule has 1 aliphatic carbocycles. The first-order chi connectivity index (χ1) is 13.0. The van der Waals surface area contributed by atoms with Crippen LogP contribution < -0.4 is 5.32 Å². The molecule has 1 heterocycles. The molecule has 0 radical (unpaired) electrons. The number of carboxylic acid groups (broad SMARTS) is 1. The van der Waals surface area contributed by atoms with Gasteiger partial charge in [0.05, 0.1) is 18.6 Å². The van der Waals surface area contributed by atoms with Gasteiger partial charge in [-0.2, -0.15) is 0 Å². The maximum atomic E-state index is 12.5. The van der Waals surface area contributed by atoms with E-state index in [1.807, 2.05) is 0 Å². The van der Waals surface area contributed by atoms with Crippen molar-refractivity contribution in [3.8, 4) is 0 Å². The van der Waals surface area contributed by atoms with Crippen LogP contribution in [0.3, 0.4) is 0 Å². The summed E-state index contributed by atoms with van der Waals surface area (Å²) in [4.78, 5) is 23.7. The second-order valence-electron chi connectivity index (χ2n) is 7.14. The zero-order chi connectivity index (χ0) is 19.0. The van der Waals surface area contributed by atoms with Crippen LogP contribution in [0.15, 0.2) is 47.1 Å². The summed E-state index contributed by atoms with van der Waals surface area (Å²) in [6, 6.07) is 11.2. The number of nitrogens with one attached hydrogen (secondary N) is 1. The molecule has 3 aromatic rings. The smallest absolute Gasteiger partial charge is 0.310 e. The first-order valence-electron chi connectivity index (χ1n) is 9.16. The molecule has 0 saturated heterocycles. The summed E-state index contributed by atoms with van der Waals surface area (Å²) in [7, 11) is 0. The SMILES string of the molecule is CC(C(=O)O)c1cccc(NC(=O)Cc2coc3cc4c(cc23)CCC4)c1. The first-order valence-corrected chi connectivity index (χ1v) is 9.16. The molecule has 0 spiro atoms. The van der Waals surface area contributed by atoms with Crippen LogP contribution in [-0.2, 0) is 28.9 Å². The van der Waals surface area contributed by atoms with Gasteiger partial charge in [0.2, 0.25) is 5.91 Å². The van der Waals surface area contributed by atoms with Crippen LogP contribution >= 0.6 is 0 Å². The highest BCUT2D eigenvalue weighted by molar-refractivity contribution is 5.95. The zero-order valence-electron chi connectivity index (χ0n) is 15.1. The van der Waals surface area contributed by atoms with Crippen LogP contribution in [-0.4, -0.2) is 17.0 Å². The Bertz CT molecular complexity index is 1030. The number of aryl methyl sites for hydroxylation is 2. The summed E-state index contributed by atoms with van der Waals surface area (Å²) in [5, 5.41) is 13.0. The topological polar surface area (TPSA) is 79.5 Å². The highest BCUT2D eigenvalue weighted by Crippen LogP contribution is 2.30. The number of amides is 1. The molecule has 5 heteroatoms. The van der Waals surface area contributed by atoms with Crippen LogP contribution in [0.2, 0.25) is 0 Å². The molecule has 5 nitrogen and oxygen atoms in total. The average Bonchev–Trinajstić information content (AvgIpc) is 3.26. The molecule has 2 aromatic carbocycles. The third-order valence-corrected chi connectivity index (χ3v) is 5.26. The predicted molar refractivity (Wildman–Crippen MR) is 103 cm³/mol. The molecule has 1 aliphatic rings. The molecule has 1 atom stereocenters. The molecule has 1 aromatic heterocycles. The van der Waals surface area contributed by atoms with E-state index in [0.717, 1.165) is 29.4 Å². The number of anilines is 1. The molecule has 138 valence electrons. The van der Waals surface area contributed by atoms with Crippen LogP contribution in [0.4, 0.5) is 5.69 Å². The Hall–Kier alpha value is -3.08. The molecular weight excluding hydrogens is 342 g/mol. The fourth-order valence-corrected chi connectivity index (χ4v) is 3.69. The van der Waals surface area contributed by atoms with Gasteiger partial charge in [0, 0.05) is 16.6 Å². The molecular formula is C22H21NO4. The Morgan fingerprint density at radius 1 is 1.19 bits per heavy atom. The number of carbonyl (C=O) groups is 2. The largest absolute Gasteiger partial charge is 0.481 e. The van der Waals surface area contributed by atoms with E-state index in [9.17, 15) is 9.59 Å². The summed E-state index contributed by atoms with van der Waals surface area (Å²) >= 11 is 0. The fourth-order valence-electron chi connectivity index (χ4n) is 3.69. The second-order valence-corrected chi connectivity index (χ2v) is 7.14. The minimum atomic E-state index is -0.893. The lowest BCUT2D eigenvalue weighted by molar-refractivity contribution is -0.138. The van der Waals surface area contributed by atoms with Gasteiger partial charge in [0.25, 0.3) is 0 Å². The van der Waals surface area contributed by atoms with Gasteiger partial charge in [-0.15, -0.1) is 0 Å². The van der Waals surface area contributed by atoms with E-state index in [2.05, 4.69) is 17.4 Å². The Morgan fingerprint density at radius 3 is 2.74 bits per heavy atom. The highest BCUT2D eigenvalue weighted by atomic mass is 16.4. The maximum absolute atomic E-state index is 12.5. The van der Waals surface area contributed by atoms with Crippen molar-refractivity contribution in [3.63, 3.8) is 0 Å². The Kier molecular flexibility index (Phi) is 4.44. The lowest BCUT2D eigenvalue weighted by atomic mass is 10.0. The van der Waals surface area contributed by atoms with Gasteiger partial charge >= 0.3 is 5.97 Å². The molecule has 0 aliphatic heterocycles. The number of carboxylic acids is 1. The molecule has 4 rings (SSSR count). The number of hydrogen-bond donors (Lipinski definition) is 2. The van der Waals surface area contributed by atoms with Crippen molar-refractivity contribution in [1.29, 1.82) is 0 Å². The molecule has 0 fully saturated rings. The van der Waals surface area contributed by atoms with Crippen molar-refractivity contribution in [2.75, 3.05) is 5.32 Å². The fraction of sp³-hybridized carbons (Fsp3) is 0.273. The Balaban J connectivity index is 1.51. The number of hydrogen-bond acceptors (Lipinski definition) is 3. The van der Waals surface area contributed by atoms with E-state index in [1.54, 1.807) is 37.5 Å². The van der Waals surface area contributed by atoms with Crippen molar-refractivity contribution in [2.24, 2.45) is 0 Å². The zero-order valence-corrected chi connectivity index (χ0v) is 15.1. The number of aliphatic carboxylic acids is 1. The molecule has 0 saturated carbocycles. The van der Waals surface area contributed by atoms with E-state index in [4.69, 9.17) is 9.52 Å². The minimum absolute atomic E-state index is 0.154. The van der Waals surface area contributed by atoms with E-state index in [0.29, 0.717) is 11.3 Å². The van der Waals surface area contributed by atoms with Crippen molar-refractivity contribution >= 4 is 28.5 Å². The Morgan fingerprint density at radius 2 is 1.96 bits per heavy atom. The van der Waals surface area contributed by atoms with Crippen LogP contribution in [0.25, 0.3) is 11.0 Å². The lowest BCUT2D eigenvalue weighted by Gasteiger charge is -2.10. The number of fused-ring (bicyclic) bond motifs is 2. The predicted octanol–water partition coefficient (Wildman–Crippen LogP) is 4.29. The normalized spacial score (nSPS) is 14.1. The third kappa shape index (κ3) is 3.45. The van der Waals surface area contributed by atoms with E-state index >= 15 is 0 Å². The second kappa shape index (κ2) is 6.91. The van der Waals surface area contributed by atoms with Crippen molar-refractivity contribution in [3.05, 3.63) is 64.9 Å². The maximum Gasteiger partial charge on any atom is 0.310 e. The van der Waals surface area contributed by atoms with Crippen LogP contribution in [0.5, 0.6) is 0 Å². The monoisotopic (exact) mass is 363 g/mol. The van der Waals surface area contributed by atoms with Crippen molar-refractivity contribution in [1.82, 2.24) is 0 Å². The van der Waals surface area contributed by atoms with Crippen LogP contribution in [0, 0.1) is 0 Å². The molecule has 27 heavy (non-hydrogen) atoms. The number of carbonyl (C=O) groups excluding carboxylic acids is 1. The molecule has 1 unspecified atom stereocenters. The Labute approximate surface area is 157 Å². The van der Waals surface area contributed by atoms with E-state index in [-0.39, 0.29) is 12.3 Å². The quantitative estimate of drug-likeness (QED) is 0.709. The summed E-state index contributed by atoms with van der Waals surface area (Å²) < 4.78 is 5.66. The van der Waals surface area contributed by atoms with E-state index in [1.165, 1.54) is 17.5 Å². The van der Waals surface area contributed by atoms with Gasteiger partial charge in [0.15, 0.2) is 0 Å². The van der Waals surface area contributed by atoms with Crippen LogP contribution in [0.1, 0.15) is 41.5 Å². The highest BCUT2D eigenvalue weighted by Gasteiger charge is 2.17. The number of rotatable bonds is 5. The van der Waals surface area contributed by atoms with Gasteiger partial charge in [-0.25, -0.2) is 0 Å². The summed E-state index contributed by atoms with van der Waals surface area (Å²) in [6.45, 7) is 1.62.